The standard InChI is InChI=1S/C17H20N2O3/c1-21-14-10-9-13(12-15(14)22-2)6-5-8-17(20)19-16-7-3-4-11-18-16/h3-4,7,9-12H,5-6,8H2,1-2H3,(H,18,19,20). The van der Waals surface area contributed by atoms with Gasteiger partial charge in [-0.15, -0.1) is 0 Å². The van der Waals surface area contributed by atoms with Crippen LogP contribution in [0.2, 0.25) is 0 Å². The van der Waals surface area contributed by atoms with Crippen LogP contribution < -0.4 is 14.8 Å². The zero-order valence-corrected chi connectivity index (χ0v) is 12.8. The fraction of sp³-hybridized carbons (Fsp3) is 0.294. The van der Waals surface area contributed by atoms with Crippen molar-refractivity contribution in [2.75, 3.05) is 19.5 Å². The maximum atomic E-state index is 11.8. The molecular weight excluding hydrogens is 280 g/mol. The molecule has 0 radical (unpaired) electrons. The molecule has 5 nitrogen and oxygen atoms in total. The first-order valence-electron chi connectivity index (χ1n) is 7.14. The largest absolute Gasteiger partial charge is 0.493 e. The van der Waals surface area contributed by atoms with E-state index in [0.29, 0.717) is 23.7 Å². The number of hydrogen-bond acceptors (Lipinski definition) is 4. The van der Waals surface area contributed by atoms with Gasteiger partial charge in [-0.05, 0) is 42.7 Å². The van der Waals surface area contributed by atoms with Crippen molar-refractivity contribution in [3.8, 4) is 11.5 Å². The monoisotopic (exact) mass is 300 g/mol. The molecule has 2 aromatic rings. The molecule has 1 aromatic heterocycles. The van der Waals surface area contributed by atoms with Crippen LogP contribution >= 0.6 is 0 Å². The number of carbonyl (C=O) groups is 1. The SMILES string of the molecule is COc1ccc(CCCC(=O)Nc2ccccn2)cc1OC. The molecular formula is C17H20N2O3. The van der Waals surface area contributed by atoms with Gasteiger partial charge in [0.1, 0.15) is 5.82 Å². The number of aryl methyl sites for hydroxylation is 1. The number of pyridine rings is 1. The number of nitrogens with one attached hydrogen (secondary N) is 1. The highest BCUT2D eigenvalue weighted by molar-refractivity contribution is 5.89. The Kier molecular flexibility index (Phi) is 5.77. The summed E-state index contributed by atoms with van der Waals surface area (Å²) in [6, 6.07) is 11.2. The minimum Gasteiger partial charge on any atom is -0.493 e. The van der Waals surface area contributed by atoms with Gasteiger partial charge in [-0.3, -0.25) is 4.79 Å². The molecule has 22 heavy (non-hydrogen) atoms. The van der Waals surface area contributed by atoms with Crippen molar-refractivity contribution in [1.82, 2.24) is 4.98 Å². The van der Waals surface area contributed by atoms with Crippen molar-refractivity contribution in [2.24, 2.45) is 0 Å². The van der Waals surface area contributed by atoms with Crippen LogP contribution in [0, 0.1) is 0 Å². The van der Waals surface area contributed by atoms with E-state index >= 15 is 0 Å². The summed E-state index contributed by atoms with van der Waals surface area (Å²) >= 11 is 0. The molecule has 0 aliphatic carbocycles. The van der Waals surface area contributed by atoms with Gasteiger partial charge in [0.2, 0.25) is 5.91 Å². The van der Waals surface area contributed by atoms with Gasteiger partial charge in [0.05, 0.1) is 14.2 Å². The molecule has 0 saturated heterocycles. The Morgan fingerprint density at radius 1 is 1.14 bits per heavy atom. The lowest BCUT2D eigenvalue weighted by Gasteiger charge is -2.09. The number of hydrogen-bond donors (Lipinski definition) is 1. The Morgan fingerprint density at radius 3 is 2.64 bits per heavy atom. The first-order valence-corrected chi connectivity index (χ1v) is 7.14. The average Bonchev–Trinajstić information content (AvgIpc) is 2.55. The number of ether oxygens (including phenoxy) is 2. The highest BCUT2D eigenvalue weighted by Crippen LogP contribution is 2.28. The summed E-state index contributed by atoms with van der Waals surface area (Å²) in [4.78, 5) is 15.9. The van der Waals surface area contributed by atoms with Crippen LogP contribution in [0.25, 0.3) is 0 Å². The quantitative estimate of drug-likeness (QED) is 0.853. The number of aromatic nitrogens is 1. The van der Waals surface area contributed by atoms with Crippen LogP contribution in [-0.2, 0) is 11.2 Å². The third-order valence-corrected chi connectivity index (χ3v) is 3.25. The Morgan fingerprint density at radius 2 is 1.95 bits per heavy atom. The zero-order valence-electron chi connectivity index (χ0n) is 12.8. The van der Waals surface area contributed by atoms with Gasteiger partial charge in [0.25, 0.3) is 0 Å². The van der Waals surface area contributed by atoms with Gasteiger partial charge in [0.15, 0.2) is 11.5 Å². The molecule has 1 amide bonds. The van der Waals surface area contributed by atoms with Crippen LogP contribution in [0.1, 0.15) is 18.4 Å². The van der Waals surface area contributed by atoms with Crippen LogP contribution in [-0.4, -0.2) is 25.1 Å². The summed E-state index contributed by atoms with van der Waals surface area (Å²) in [6.45, 7) is 0. The summed E-state index contributed by atoms with van der Waals surface area (Å²) < 4.78 is 10.5. The average molecular weight is 300 g/mol. The number of carbonyl (C=O) groups excluding carboxylic acids is 1. The summed E-state index contributed by atoms with van der Waals surface area (Å²) in [5, 5.41) is 2.77. The molecule has 5 heteroatoms. The summed E-state index contributed by atoms with van der Waals surface area (Å²) in [5.41, 5.74) is 1.11. The van der Waals surface area contributed by atoms with Crippen molar-refractivity contribution < 1.29 is 14.3 Å². The van der Waals surface area contributed by atoms with Crippen LogP contribution in [0.15, 0.2) is 42.6 Å². The van der Waals surface area contributed by atoms with Crippen molar-refractivity contribution in [3.05, 3.63) is 48.2 Å². The third kappa shape index (κ3) is 4.48. The lowest BCUT2D eigenvalue weighted by Crippen LogP contribution is -2.12. The van der Waals surface area contributed by atoms with E-state index in [1.807, 2.05) is 30.3 Å². The number of anilines is 1. The number of amides is 1. The first-order chi connectivity index (χ1) is 10.7. The van der Waals surface area contributed by atoms with E-state index in [-0.39, 0.29) is 5.91 Å². The van der Waals surface area contributed by atoms with E-state index in [0.717, 1.165) is 18.4 Å². The fourth-order valence-electron chi connectivity index (χ4n) is 2.13. The van der Waals surface area contributed by atoms with Gasteiger partial charge in [-0.2, -0.15) is 0 Å². The molecule has 0 aliphatic heterocycles. The Bertz CT molecular complexity index is 615. The number of benzene rings is 1. The highest BCUT2D eigenvalue weighted by atomic mass is 16.5. The smallest absolute Gasteiger partial charge is 0.225 e. The number of rotatable bonds is 7. The van der Waals surface area contributed by atoms with E-state index in [1.54, 1.807) is 26.5 Å². The maximum absolute atomic E-state index is 11.8. The van der Waals surface area contributed by atoms with Crippen LogP contribution in [0.3, 0.4) is 0 Å². The molecule has 0 unspecified atom stereocenters. The molecule has 0 fully saturated rings. The number of methoxy groups -OCH3 is 2. The van der Waals surface area contributed by atoms with E-state index in [9.17, 15) is 4.79 Å². The Labute approximate surface area is 130 Å². The van der Waals surface area contributed by atoms with Gasteiger partial charge in [-0.25, -0.2) is 4.98 Å². The molecule has 0 spiro atoms. The van der Waals surface area contributed by atoms with Gasteiger partial charge in [0, 0.05) is 12.6 Å². The van der Waals surface area contributed by atoms with E-state index in [4.69, 9.17) is 9.47 Å². The Balaban J connectivity index is 1.82. The molecule has 2 rings (SSSR count). The van der Waals surface area contributed by atoms with Crippen molar-refractivity contribution in [3.63, 3.8) is 0 Å². The highest BCUT2D eigenvalue weighted by Gasteiger charge is 2.06. The van der Waals surface area contributed by atoms with Crippen LogP contribution in [0.5, 0.6) is 11.5 Å². The first kappa shape index (κ1) is 15.8. The predicted octanol–water partition coefficient (Wildman–Crippen LogP) is 3.06. The summed E-state index contributed by atoms with van der Waals surface area (Å²) in [5.74, 6) is 1.97. The molecule has 0 saturated carbocycles. The lowest BCUT2D eigenvalue weighted by atomic mass is 10.1. The molecule has 1 aromatic carbocycles. The zero-order chi connectivity index (χ0) is 15.8. The molecule has 0 atom stereocenters. The van der Waals surface area contributed by atoms with Crippen LogP contribution in [0.4, 0.5) is 5.82 Å². The normalized spacial score (nSPS) is 10.1. The molecule has 0 bridgehead atoms. The lowest BCUT2D eigenvalue weighted by molar-refractivity contribution is -0.116. The molecule has 116 valence electrons. The minimum absolute atomic E-state index is 0.0285. The van der Waals surface area contributed by atoms with Crippen molar-refractivity contribution in [2.45, 2.75) is 19.3 Å². The van der Waals surface area contributed by atoms with Gasteiger partial charge < -0.3 is 14.8 Å². The minimum atomic E-state index is -0.0285. The van der Waals surface area contributed by atoms with Gasteiger partial charge in [-0.1, -0.05) is 12.1 Å². The van der Waals surface area contributed by atoms with Crippen molar-refractivity contribution in [1.29, 1.82) is 0 Å². The molecule has 1 heterocycles. The second kappa shape index (κ2) is 8.02. The third-order valence-electron chi connectivity index (χ3n) is 3.25. The van der Waals surface area contributed by atoms with E-state index in [2.05, 4.69) is 10.3 Å². The summed E-state index contributed by atoms with van der Waals surface area (Å²) in [6.07, 6.45) is 3.66. The second-order valence-corrected chi connectivity index (χ2v) is 4.81. The second-order valence-electron chi connectivity index (χ2n) is 4.81. The molecule has 0 aliphatic rings. The van der Waals surface area contributed by atoms with E-state index < -0.39 is 0 Å². The molecule has 1 N–H and O–H groups in total. The summed E-state index contributed by atoms with van der Waals surface area (Å²) in [7, 11) is 3.22. The fourth-order valence-corrected chi connectivity index (χ4v) is 2.13. The van der Waals surface area contributed by atoms with E-state index in [1.165, 1.54) is 0 Å². The van der Waals surface area contributed by atoms with Crippen molar-refractivity contribution >= 4 is 11.7 Å². The number of nitrogens with zero attached hydrogens (tertiary/aromatic N) is 1. The van der Waals surface area contributed by atoms with Gasteiger partial charge >= 0.3 is 0 Å². The topological polar surface area (TPSA) is 60.5 Å². The maximum Gasteiger partial charge on any atom is 0.225 e. The predicted molar refractivity (Wildman–Crippen MR) is 85.4 cm³/mol. The Hall–Kier alpha value is -2.56.